The summed E-state index contributed by atoms with van der Waals surface area (Å²) in [5.74, 6) is -0.542. The fourth-order valence-corrected chi connectivity index (χ4v) is 1.56. The highest BCUT2D eigenvalue weighted by molar-refractivity contribution is 6.35. The summed E-state index contributed by atoms with van der Waals surface area (Å²) in [5.41, 5.74) is 0.732. The van der Waals surface area contributed by atoms with Crippen molar-refractivity contribution in [3.8, 4) is 5.75 Å². The highest BCUT2D eigenvalue weighted by Gasteiger charge is 2.08. The van der Waals surface area contributed by atoms with E-state index in [-0.39, 0.29) is 5.57 Å². The van der Waals surface area contributed by atoms with Crippen molar-refractivity contribution in [1.29, 1.82) is 0 Å². The van der Waals surface area contributed by atoms with Gasteiger partial charge in [0.1, 0.15) is 5.75 Å². The quantitative estimate of drug-likeness (QED) is 0.847. The Balaban J connectivity index is 3.21. The highest BCUT2D eigenvalue weighted by Crippen LogP contribution is 2.31. The third-order valence-electron chi connectivity index (χ3n) is 1.98. The molecule has 0 unspecified atom stereocenters. The zero-order valence-corrected chi connectivity index (χ0v) is 10.3. The molecule has 0 saturated carbocycles. The van der Waals surface area contributed by atoms with Gasteiger partial charge in [0.05, 0.1) is 17.2 Å². The Morgan fingerprint density at radius 3 is 2.50 bits per heavy atom. The molecule has 1 aromatic rings. The van der Waals surface area contributed by atoms with Gasteiger partial charge in [-0.15, -0.1) is 0 Å². The van der Waals surface area contributed by atoms with E-state index in [1.165, 1.54) is 20.1 Å². The lowest BCUT2D eigenvalue weighted by Crippen LogP contribution is -1.95. The Morgan fingerprint density at radius 1 is 1.38 bits per heavy atom. The SMILES string of the molecule is COc1cc(Cl)c(/C=C(\C)C(=O)O)cc1Cl. The third-order valence-corrected chi connectivity index (χ3v) is 2.60. The molecular weight excluding hydrogens is 251 g/mol. The molecule has 0 aliphatic rings. The maximum atomic E-state index is 10.7. The van der Waals surface area contributed by atoms with Crippen molar-refractivity contribution in [1.82, 2.24) is 0 Å². The maximum Gasteiger partial charge on any atom is 0.331 e. The summed E-state index contributed by atoms with van der Waals surface area (Å²) in [7, 11) is 1.48. The largest absolute Gasteiger partial charge is 0.495 e. The normalized spacial score (nSPS) is 11.4. The monoisotopic (exact) mass is 260 g/mol. The van der Waals surface area contributed by atoms with Gasteiger partial charge in [-0.3, -0.25) is 0 Å². The van der Waals surface area contributed by atoms with Gasteiger partial charge in [0, 0.05) is 11.6 Å². The lowest BCUT2D eigenvalue weighted by Gasteiger charge is -2.06. The number of benzene rings is 1. The predicted molar refractivity (Wildman–Crippen MR) is 64.3 cm³/mol. The van der Waals surface area contributed by atoms with Crippen LogP contribution in [0.4, 0.5) is 0 Å². The van der Waals surface area contributed by atoms with Crippen molar-refractivity contribution in [2.24, 2.45) is 0 Å². The molecule has 0 atom stereocenters. The van der Waals surface area contributed by atoms with Gasteiger partial charge in [0.2, 0.25) is 0 Å². The first-order valence-electron chi connectivity index (χ1n) is 4.40. The standard InChI is InChI=1S/C11H10Cl2O3/c1-6(11(14)15)3-7-4-9(13)10(16-2)5-8(7)12/h3-5H,1-2H3,(H,14,15)/b6-3+. The molecule has 5 heteroatoms. The number of carboxylic acid groups (broad SMARTS) is 1. The lowest BCUT2D eigenvalue weighted by atomic mass is 10.1. The average molecular weight is 261 g/mol. The number of ether oxygens (including phenoxy) is 1. The highest BCUT2D eigenvalue weighted by atomic mass is 35.5. The summed E-state index contributed by atoms with van der Waals surface area (Å²) >= 11 is 11.9. The van der Waals surface area contributed by atoms with E-state index in [0.717, 1.165) is 0 Å². The Kier molecular flexibility index (Phi) is 4.21. The van der Waals surface area contributed by atoms with E-state index in [1.807, 2.05) is 0 Å². The van der Waals surface area contributed by atoms with Crippen molar-refractivity contribution in [3.63, 3.8) is 0 Å². The van der Waals surface area contributed by atoms with Crippen LogP contribution in [0.5, 0.6) is 5.75 Å². The first kappa shape index (κ1) is 12.9. The number of halogens is 2. The number of rotatable bonds is 3. The van der Waals surface area contributed by atoms with Gasteiger partial charge in [0.15, 0.2) is 0 Å². The third kappa shape index (κ3) is 2.90. The van der Waals surface area contributed by atoms with E-state index in [4.69, 9.17) is 33.0 Å². The zero-order chi connectivity index (χ0) is 12.3. The molecule has 1 N–H and O–H groups in total. The Labute approximate surface area is 103 Å². The molecule has 0 aliphatic carbocycles. The van der Waals surface area contributed by atoms with E-state index in [2.05, 4.69) is 0 Å². The number of methoxy groups -OCH3 is 1. The minimum absolute atomic E-state index is 0.183. The molecule has 86 valence electrons. The molecular formula is C11H10Cl2O3. The fraction of sp³-hybridized carbons (Fsp3) is 0.182. The van der Waals surface area contributed by atoms with Crippen molar-refractivity contribution in [2.75, 3.05) is 7.11 Å². The van der Waals surface area contributed by atoms with Gasteiger partial charge in [-0.1, -0.05) is 23.2 Å². The molecule has 0 radical (unpaired) electrons. The topological polar surface area (TPSA) is 46.5 Å². The zero-order valence-electron chi connectivity index (χ0n) is 8.75. The van der Waals surface area contributed by atoms with Crippen LogP contribution in [0.15, 0.2) is 17.7 Å². The van der Waals surface area contributed by atoms with Crippen molar-refractivity contribution in [3.05, 3.63) is 33.3 Å². The molecule has 0 spiro atoms. The molecule has 0 aromatic heterocycles. The summed E-state index contributed by atoms with van der Waals surface area (Å²) < 4.78 is 4.98. The molecule has 1 aromatic carbocycles. The first-order chi connectivity index (χ1) is 7.45. The Morgan fingerprint density at radius 2 is 2.00 bits per heavy atom. The molecule has 0 aliphatic heterocycles. The number of carboxylic acids is 1. The number of carbonyl (C=O) groups is 1. The lowest BCUT2D eigenvalue weighted by molar-refractivity contribution is -0.132. The van der Waals surface area contributed by atoms with E-state index in [1.54, 1.807) is 12.1 Å². The summed E-state index contributed by atoms with van der Waals surface area (Å²) in [4.78, 5) is 10.7. The van der Waals surface area contributed by atoms with Gasteiger partial charge in [0.25, 0.3) is 0 Å². The number of aliphatic carboxylic acids is 1. The van der Waals surface area contributed by atoms with E-state index in [0.29, 0.717) is 21.4 Å². The molecule has 1 rings (SSSR count). The molecule has 0 bridgehead atoms. The maximum absolute atomic E-state index is 10.7. The van der Waals surface area contributed by atoms with Crippen LogP contribution in [-0.2, 0) is 4.79 Å². The molecule has 0 fully saturated rings. The van der Waals surface area contributed by atoms with Gasteiger partial charge in [-0.25, -0.2) is 4.79 Å². The second kappa shape index (κ2) is 5.23. The van der Waals surface area contributed by atoms with Gasteiger partial charge >= 0.3 is 5.97 Å². The minimum atomic E-state index is -0.997. The summed E-state index contributed by atoms with van der Waals surface area (Å²) in [6, 6.07) is 3.11. The first-order valence-corrected chi connectivity index (χ1v) is 5.16. The summed E-state index contributed by atoms with van der Waals surface area (Å²) in [6.07, 6.45) is 1.45. The van der Waals surface area contributed by atoms with Crippen LogP contribution < -0.4 is 4.74 Å². The minimum Gasteiger partial charge on any atom is -0.495 e. The smallest absolute Gasteiger partial charge is 0.331 e. The second-order valence-electron chi connectivity index (χ2n) is 3.14. The number of hydrogen-bond donors (Lipinski definition) is 1. The van der Waals surface area contributed by atoms with Crippen LogP contribution >= 0.6 is 23.2 Å². The second-order valence-corrected chi connectivity index (χ2v) is 3.96. The van der Waals surface area contributed by atoms with Crippen LogP contribution in [0.3, 0.4) is 0 Å². The fourth-order valence-electron chi connectivity index (χ4n) is 1.11. The van der Waals surface area contributed by atoms with Crippen LogP contribution in [0.25, 0.3) is 6.08 Å². The van der Waals surface area contributed by atoms with Crippen molar-refractivity contribution in [2.45, 2.75) is 6.92 Å². The van der Waals surface area contributed by atoms with Crippen LogP contribution in [0, 0.1) is 0 Å². The average Bonchev–Trinajstić information content (AvgIpc) is 2.22. The molecule has 0 amide bonds. The molecule has 16 heavy (non-hydrogen) atoms. The molecule has 0 heterocycles. The Hall–Kier alpha value is -1.19. The van der Waals surface area contributed by atoms with Crippen molar-refractivity contribution >= 4 is 35.2 Å². The van der Waals surface area contributed by atoms with E-state index < -0.39 is 5.97 Å². The van der Waals surface area contributed by atoms with Crippen LogP contribution in [0.2, 0.25) is 10.0 Å². The van der Waals surface area contributed by atoms with E-state index >= 15 is 0 Å². The van der Waals surface area contributed by atoms with Gasteiger partial charge < -0.3 is 9.84 Å². The van der Waals surface area contributed by atoms with E-state index in [9.17, 15) is 4.79 Å². The predicted octanol–water partition coefficient (Wildman–Crippen LogP) is 3.49. The van der Waals surface area contributed by atoms with Gasteiger partial charge in [-0.2, -0.15) is 0 Å². The van der Waals surface area contributed by atoms with Crippen LogP contribution in [0.1, 0.15) is 12.5 Å². The molecule has 0 saturated heterocycles. The number of hydrogen-bond acceptors (Lipinski definition) is 2. The summed E-state index contributed by atoms with van der Waals surface area (Å²) in [6.45, 7) is 1.48. The Bertz CT molecular complexity index is 453. The summed E-state index contributed by atoms with van der Waals surface area (Å²) in [5, 5.41) is 9.51. The van der Waals surface area contributed by atoms with Crippen molar-refractivity contribution < 1.29 is 14.6 Å². The van der Waals surface area contributed by atoms with Crippen LogP contribution in [-0.4, -0.2) is 18.2 Å². The molecule has 3 nitrogen and oxygen atoms in total. The van der Waals surface area contributed by atoms with Gasteiger partial charge in [-0.05, 0) is 24.6 Å².